The normalized spacial score (nSPS) is 24.8. The van der Waals surface area contributed by atoms with Crippen molar-refractivity contribution in [2.75, 3.05) is 0 Å². The van der Waals surface area contributed by atoms with E-state index >= 15 is 0 Å². The standard InChI is InChI=1S/C42H30O8/c1-18(21-15-32(44)24-12-29-28(11-25(24)35(21)45)38(48)40-33-19(16-50-40)6-4-8-41(29,33)2)22-14-31(43)23-10-27-30(13-26(23)36(22)46)42(3)9-5-7-20-17-49-39(34(20)42)37(27)47/h10-18H,4-9H2,1-3H3/t18-,41+,42+/m1/s1. The van der Waals surface area contributed by atoms with Crippen molar-refractivity contribution in [3.05, 3.63) is 138 Å². The molecule has 4 aromatic rings. The third kappa shape index (κ3) is 3.41. The Morgan fingerprint density at radius 3 is 1.48 bits per heavy atom. The Hall–Kier alpha value is -5.50. The van der Waals surface area contributed by atoms with Gasteiger partial charge < -0.3 is 8.83 Å². The fourth-order valence-electron chi connectivity index (χ4n) is 9.96. The molecule has 0 aliphatic heterocycles. The second kappa shape index (κ2) is 9.38. The van der Waals surface area contributed by atoms with Crippen LogP contribution < -0.4 is 0 Å². The molecule has 2 heterocycles. The molecule has 246 valence electrons. The number of benzene rings is 2. The van der Waals surface area contributed by atoms with E-state index in [-0.39, 0.29) is 50.7 Å². The van der Waals surface area contributed by atoms with Crippen molar-refractivity contribution in [2.24, 2.45) is 5.92 Å². The minimum Gasteiger partial charge on any atom is -0.460 e. The minimum atomic E-state index is -0.902. The lowest BCUT2D eigenvalue weighted by Crippen LogP contribution is -2.37. The van der Waals surface area contributed by atoms with Crippen molar-refractivity contribution >= 4 is 34.7 Å². The molecule has 6 aliphatic carbocycles. The molecule has 0 saturated heterocycles. The van der Waals surface area contributed by atoms with Gasteiger partial charge in [-0.05, 0) is 97.2 Å². The van der Waals surface area contributed by atoms with Gasteiger partial charge in [0.2, 0.25) is 11.6 Å². The molecule has 2 aromatic carbocycles. The molecule has 8 nitrogen and oxygen atoms in total. The van der Waals surface area contributed by atoms with Crippen molar-refractivity contribution < 1.29 is 37.6 Å². The van der Waals surface area contributed by atoms with E-state index in [1.807, 2.05) is 0 Å². The van der Waals surface area contributed by atoms with Gasteiger partial charge in [0.25, 0.3) is 0 Å². The predicted molar refractivity (Wildman–Crippen MR) is 179 cm³/mol. The van der Waals surface area contributed by atoms with E-state index in [1.54, 1.807) is 31.6 Å². The van der Waals surface area contributed by atoms with E-state index in [9.17, 15) is 28.8 Å². The molecule has 0 fully saturated rings. The summed E-state index contributed by atoms with van der Waals surface area (Å²) in [5, 5.41) is 0. The number of ketones is 6. The predicted octanol–water partition coefficient (Wildman–Crippen LogP) is 7.19. The number of rotatable bonds is 2. The highest BCUT2D eigenvalue weighted by Crippen LogP contribution is 2.52. The van der Waals surface area contributed by atoms with Gasteiger partial charge in [-0.15, -0.1) is 0 Å². The maximum Gasteiger partial charge on any atom is 0.228 e. The summed E-state index contributed by atoms with van der Waals surface area (Å²) in [6.45, 7) is 5.75. The summed E-state index contributed by atoms with van der Waals surface area (Å²) in [6.07, 6.45) is 10.7. The van der Waals surface area contributed by atoms with Crippen molar-refractivity contribution in [3.63, 3.8) is 0 Å². The summed E-state index contributed by atoms with van der Waals surface area (Å²) < 4.78 is 11.5. The summed E-state index contributed by atoms with van der Waals surface area (Å²) in [5.41, 5.74) is 5.53. The first-order chi connectivity index (χ1) is 23.9. The highest BCUT2D eigenvalue weighted by molar-refractivity contribution is 6.29. The van der Waals surface area contributed by atoms with Crippen LogP contribution in [0.2, 0.25) is 0 Å². The van der Waals surface area contributed by atoms with E-state index in [0.717, 1.165) is 66.3 Å². The summed E-state index contributed by atoms with van der Waals surface area (Å²) in [5.74, 6) is -2.69. The summed E-state index contributed by atoms with van der Waals surface area (Å²) in [7, 11) is 0. The highest BCUT2D eigenvalue weighted by Gasteiger charge is 2.49. The minimum absolute atomic E-state index is 0.0754. The smallest absolute Gasteiger partial charge is 0.228 e. The highest BCUT2D eigenvalue weighted by atomic mass is 16.3. The van der Waals surface area contributed by atoms with Crippen LogP contribution in [0, 0.1) is 5.92 Å². The first-order valence-electron chi connectivity index (χ1n) is 17.2. The van der Waals surface area contributed by atoms with Crippen molar-refractivity contribution in [3.8, 4) is 0 Å². The Morgan fingerprint density at radius 1 is 0.560 bits per heavy atom. The average Bonchev–Trinajstić information content (AvgIpc) is 3.76. The van der Waals surface area contributed by atoms with Gasteiger partial charge in [-0.2, -0.15) is 0 Å². The number of furan rings is 2. The zero-order chi connectivity index (χ0) is 34.6. The number of hydrogen-bond donors (Lipinski definition) is 0. The molecule has 6 aliphatic rings. The van der Waals surface area contributed by atoms with E-state index < -0.39 is 39.9 Å². The lowest BCUT2D eigenvalue weighted by molar-refractivity contribution is 0.0958. The molecule has 0 radical (unpaired) electrons. The van der Waals surface area contributed by atoms with Gasteiger partial charge in [-0.1, -0.05) is 20.8 Å². The monoisotopic (exact) mass is 662 g/mol. The molecule has 8 heteroatoms. The van der Waals surface area contributed by atoms with Crippen molar-refractivity contribution in [1.82, 2.24) is 0 Å². The van der Waals surface area contributed by atoms with Gasteiger partial charge in [-0.25, -0.2) is 0 Å². The lowest BCUT2D eigenvalue weighted by Gasteiger charge is -2.39. The van der Waals surface area contributed by atoms with Gasteiger partial charge >= 0.3 is 0 Å². The van der Waals surface area contributed by atoms with Crippen molar-refractivity contribution in [2.45, 2.75) is 70.1 Å². The number of Topliss-reactive ketones (excluding diaryl/α,β-unsaturated/α-hetero) is 2. The van der Waals surface area contributed by atoms with Crippen LogP contribution in [0.25, 0.3) is 0 Å². The first-order valence-corrected chi connectivity index (χ1v) is 17.2. The molecular formula is C42H30O8. The molecular weight excluding hydrogens is 632 g/mol. The molecule has 10 rings (SSSR count). The fraction of sp³-hybridized carbons (Fsp3) is 0.286. The van der Waals surface area contributed by atoms with Gasteiger partial charge in [0.05, 0.1) is 12.5 Å². The molecule has 0 N–H and O–H groups in total. The largest absolute Gasteiger partial charge is 0.460 e. The van der Waals surface area contributed by atoms with Crippen LogP contribution in [-0.4, -0.2) is 34.7 Å². The van der Waals surface area contributed by atoms with Crippen LogP contribution in [0.3, 0.4) is 0 Å². The topological polar surface area (TPSA) is 129 Å². The number of allylic oxidation sites excluding steroid dienone is 4. The molecule has 0 saturated carbocycles. The lowest BCUT2D eigenvalue weighted by atomic mass is 9.62. The Morgan fingerprint density at radius 2 is 0.980 bits per heavy atom. The Kier molecular flexibility index (Phi) is 5.52. The first kappa shape index (κ1) is 29.4. The third-order valence-electron chi connectivity index (χ3n) is 12.5. The van der Waals surface area contributed by atoms with Gasteiger partial charge in [0, 0.05) is 72.4 Å². The fourth-order valence-corrected chi connectivity index (χ4v) is 9.96. The number of carbonyl (C=O) groups is 6. The SMILES string of the molecule is C[C@H](C1=CC(=O)c2cc3c(cc2C1=O)C(=O)c1occ2c1[C@@]3(C)CCC2)C1=CC(=O)c2cc3c(cc2C1=O)[C@]1(C)CCCc2coc(c21)C3=O. The number of hydrogen-bond acceptors (Lipinski definition) is 8. The Balaban J connectivity index is 1.04. The van der Waals surface area contributed by atoms with E-state index in [1.165, 1.54) is 24.3 Å². The van der Waals surface area contributed by atoms with Crippen LogP contribution >= 0.6 is 0 Å². The second-order valence-corrected chi connectivity index (χ2v) is 15.2. The summed E-state index contributed by atoms with van der Waals surface area (Å²) in [6, 6.07) is 6.41. The van der Waals surface area contributed by atoms with E-state index in [4.69, 9.17) is 8.83 Å². The molecule has 2 aromatic heterocycles. The van der Waals surface area contributed by atoms with Gasteiger partial charge in [-0.3, -0.25) is 28.8 Å². The van der Waals surface area contributed by atoms with Gasteiger partial charge in [0.1, 0.15) is 0 Å². The maximum atomic E-state index is 14.3. The van der Waals surface area contributed by atoms with Crippen LogP contribution in [0.5, 0.6) is 0 Å². The molecule has 0 unspecified atom stereocenters. The second-order valence-electron chi connectivity index (χ2n) is 15.2. The molecule has 50 heavy (non-hydrogen) atoms. The van der Waals surface area contributed by atoms with Crippen LogP contribution in [-0.2, 0) is 23.7 Å². The van der Waals surface area contributed by atoms with Crippen LogP contribution in [0.15, 0.2) is 68.9 Å². The van der Waals surface area contributed by atoms with Crippen LogP contribution in [0.4, 0.5) is 0 Å². The maximum absolute atomic E-state index is 14.3. The molecule has 0 spiro atoms. The van der Waals surface area contributed by atoms with Gasteiger partial charge in [0.15, 0.2) is 34.7 Å². The van der Waals surface area contributed by atoms with Crippen molar-refractivity contribution in [1.29, 1.82) is 0 Å². The zero-order valence-electron chi connectivity index (χ0n) is 27.7. The molecule has 3 atom stereocenters. The number of carbonyl (C=O) groups excluding carboxylic acids is 6. The van der Waals surface area contributed by atoms with E-state index in [0.29, 0.717) is 22.5 Å². The Labute approximate surface area is 286 Å². The van der Waals surface area contributed by atoms with Crippen LogP contribution in [0.1, 0.15) is 154 Å². The quantitative estimate of drug-likeness (QED) is 0.221. The zero-order valence-corrected chi connectivity index (χ0v) is 27.7. The summed E-state index contributed by atoms with van der Waals surface area (Å²) in [4.78, 5) is 83.3. The third-order valence-corrected chi connectivity index (χ3v) is 12.5. The molecule has 0 bridgehead atoms. The number of aryl methyl sites for hydroxylation is 2. The van der Waals surface area contributed by atoms with E-state index in [2.05, 4.69) is 13.8 Å². The molecule has 0 amide bonds. The summed E-state index contributed by atoms with van der Waals surface area (Å²) >= 11 is 0. The Bertz CT molecular complexity index is 2490. The average molecular weight is 663 g/mol. The number of fused-ring (bicyclic) bond motifs is 6.